The number of benzene rings is 1. The molecule has 3 rings (SSSR count). The molecule has 148 valence electrons. The van der Waals surface area contributed by atoms with Gasteiger partial charge >= 0.3 is 5.97 Å². The van der Waals surface area contributed by atoms with Gasteiger partial charge < -0.3 is 14.9 Å². The summed E-state index contributed by atoms with van der Waals surface area (Å²) in [7, 11) is 0. The molecule has 2 N–H and O–H groups in total. The molecular formula is C22H30O5. The number of Topliss-reactive ketones (excluding diaryl/α,β-unsaturated/α-hetero) is 1. The summed E-state index contributed by atoms with van der Waals surface area (Å²) >= 11 is 0. The largest absolute Gasteiger partial charge is 0.481 e. The van der Waals surface area contributed by atoms with Crippen molar-refractivity contribution in [2.24, 2.45) is 17.8 Å². The van der Waals surface area contributed by atoms with Crippen molar-refractivity contribution in [3.8, 4) is 0 Å². The molecule has 2 aliphatic carbocycles. The Labute approximate surface area is 160 Å². The summed E-state index contributed by atoms with van der Waals surface area (Å²) in [6.45, 7) is 0.453. The van der Waals surface area contributed by atoms with Crippen LogP contribution in [0.15, 0.2) is 30.3 Å². The molecule has 1 aromatic carbocycles. The maximum atomic E-state index is 12.8. The predicted octanol–water partition coefficient (Wildman–Crippen LogP) is 3.24. The minimum atomic E-state index is -0.800. The first kappa shape index (κ1) is 20.0. The Morgan fingerprint density at radius 2 is 1.81 bits per heavy atom. The van der Waals surface area contributed by atoms with Crippen LogP contribution in [0, 0.1) is 17.8 Å². The van der Waals surface area contributed by atoms with Gasteiger partial charge in [0, 0.05) is 25.4 Å². The fourth-order valence-corrected chi connectivity index (χ4v) is 4.90. The minimum absolute atomic E-state index is 0.0981. The second-order valence-corrected chi connectivity index (χ2v) is 8.02. The van der Waals surface area contributed by atoms with Gasteiger partial charge in [0.2, 0.25) is 0 Å². The molecule has 5 atom stereocenters. The van der Waals surface area contributed by atoms with Crippen molar-refractivity contribution in [1.29, 1.82) is 0 Å². The molecule has 0 aliphatic heterocycles. The van der Waals surface area contributed by atoms with Crippen molar-refractivity contribution in [2.75, 3.05) is 6.61 Å². The van der Waals surface area contributed by atoms with E-state index in [0.717, 1.165) is 25.7 Å². The molecule has 27 heavy (non-hydrogen) atoms. The average Bonchev–Trinajstić information content (AvgIpc) is 3.15. The van der Waals surface area contributed by atoms with Crippen LogP contribution in [0.3, 0.4) is 0 Å². The number of aliphatic hydroxyl groups excluding tert-OH is 1. The summed E-state index contributed by atoms with van der Waals surface area (Å²) in [5, 5.41) is 19.1. The number of carbonyl (C=O) groups is 2. The number of aliphatic carboxylic acids is 1. The Hall–Kier alpha value is -1.72. The Bertz CT molecular complexity index is 629. The van der Waals surface area contributed by atoms with E-state index in [0.29, 0.717) is 31.8 Å². The van der Waals surface area contributed by atoms with Gasteiger partial charge in [-0.2, -0.15) is 0 Å². The molecule has 1 aromatic rings. The van der Waals surface area contributed by atoms with Crippen LogP contribution in [-0.4, -0.2) is 40.8 Å². The molecule has 2 aliphatic rings. The SMILES string of the molecule is O=C(O)CCCO[C@@H]1C[C@@H]2C[C@H](O)[C@@H](C(=O)CCCc3ccccc3)[C@@H]2C1. The van der Waals surface area contributed by atoms with Crippen molar-refractivity contribution < 1.29 is 24.5 Å². The third kappa shape index (κ3) is 5.39. The van der Waals surface area contributed by atoms with Crippen molar-refractivity contribution >= 4 is 11.8 Å². The van der Waals surface area contributed by atoms with Gasteiger partial charge in [-0.25, -0.2) is 0 Å². The molecule has 0 heterocycles. The molecule has 5 nitrogen and oxygen atoms in total. The first-order chi connectivity index (χ1) is 13.0. The normalized spacial score (nSPS) is 29.6. The summed E-state index contributed by atoms with van der Waals surface area (Å²) in [5.74, 6) is -0.289. The minimum Gasteiger partial charge on any atom is -0.481 e. The maximum Gasteiger partial charge on any atom is 0.303 e. The first-order valence-electron chi connectivity index (χ1n) is 10.1. The topological polar surface area (TPSA) is 83.8 Å². The standard InChI is InChI=1S/C22H30O5/c23-19(9-4-8-15-6-2-1-3-7-15)22-18-14-17(12-16(18)13-20(22)24)27-11-5-10-21(25)26/h1-3,6-7,16-18,20,22,24H,4-5,8-14H2,(H,25,26)/t16-,17-,18-,20+,22-/m1/s1. The third-order valence-corrected chi connectivity index (χ3v) is 6.12. The van der Waals surface area contributed by atoms with Crippen LogP contribution in [0.2, 0.25) is 0 Å². The van der Waals surface area contributed by atoms with Crippen molar-refractivity contribution in [1.82, 2.24) is 0 Å². The lowest BCUT2D eigenvalue weighted by molar-refractivity contribution is -0.137. The summed E-state index contributed by atoms with van der Waals surface area (Å²) in [6, 6.07) is 10.2. The lowest BCUT2D eigenvalue weighted by atomic mass is 9.85. The number of aliphatic hydroxyl groups is 1. The fraction of sp³-hybridized carbons (Fsp3) is 0.636. The summed E-state index contributed by atoms with van der Waals surface area (Å²) in [4.78, 5) is 23.3. The zero-order chi connectivity index (χ0) is 19.2. The quantitative estimate of drug-likeness (QED) is 0.614. The molecule has 0 saturated heterocycles. The Kier molecular flexibility index (Phi) is 7.02. The molecule has 0 aromatic heterocycles. The number of hydrogen-bond donors (Lipinski definition) is 2. The molecule has 5 heteroatoms. The molecule has 0 spiro atoms. The summed E-state index contributed by atoms with van der Waals surface area (Å²) in [5.41, 5.74) is 1.24. The first-order valence-corrected chi connectivity index (χ1v) is 10.1. The van der Waals surface area contributed by atoms with Crippen LogP contribution < -0.4 is 0 Å². The molecule has 0 unspecified atom stereocenters. The molecule has 0 amide bonds. The molecular weight excluding hydrogens is 344 g/mol. The number of hydrogen-bond acceptors (Lipinski definition) is 4. The Morgan fingerprint density at radius 1 is 1.04 bits per heavy atom. The highest BCUT2D eigenvalue weighted by Crippen LogP contribution is 2.49. The smallest absolute Gasteiger partial charge is 0.303 e. The molecule has 0 radical (unpaired) electrons. The number of carbonyl (C=O) groups excluding carboxylic acids is 1. The highest BCUT2D eigenvalue weighted by molar-refractivity contribution is 5.82. The maximum absolute atomic E-state index is 12.8. The van der Waals surface area contributed by atoms with Gasteiger partial charge in [-0.3, -0.25) is 9.59 Å². The van der Waals surface area contributed by atoms with E-state index in [4.69, 9.17) is 9.84 Å². The second-order valence-electron chi connectivity index (χ2n) is 8.02. The van der Waals surface area contributed by atoms with Crippen LogP contribution in [0.25, 0.3) is 0 Å². The lowest BCUT2D eigenvalue weighted by Gasteiger charge is -2.21. The van der Waals surface area contributed by atoms with Gasteiger partial charge in [-0.05, 0) is 55.9 Å². The monoisotopic (exact) mass is 374 g/mol. The van der Waals surface area contributed by atoms with E-state index >= 15 is 0 Å². The summed E-state index contributed by atoms with van der Waals surface area (Å²) < 4.78 is 5.84. The number of rotatable bonds is 10. The number of aryl methyl sites for hydroxylation is 1. The van der Waals surface area contributed by atoms with Crippen LogP contribution >= 0.6 is 0 Å². The third-order valence-electron chi connectivity index (χ3n) is 6.12. The second kappa shape index (κ2) is 9.47. The number of ketones is 1. The summed E-state index contributed by atoms with van der Waals surface area (Å²) in [6.07, 6.45) is 4.83. The number of carboxylic acids is 1. The van der Waals surface area contributed by atoms with Gasteiger partial charge in [0.05, 0.1) is 12.2 Å². The van der Waals surface area contributed by atoms with Gasteiger partial charge in [-0.1, -0.05) is 30.3 Å². The van der Waals surface area contributed by atoms with Gasteiger partial charge in [-0.15, -0.1) is 0 Å². The molecule has 2 fully saturated rings. The fourth-order valence-electron chi connectivity index (χ4n) is 4.90. The number of carboxylic acid groups (broad SMARTS) is 1. The van der Waals surface area contributed by atoms with E-state index in [2.05, 4.69) is 12.1 Å². The van der Waals surface area contributed by atoms with Gasteiger partial charge in [0.1, 0.15) is 5.78 Å². The highest BCUT2D eigenvalue weighted by atomic mass is 16.5. The van der Waals surface area contributed by atoms with Crippen LogP contribution in [0.5, 0.6) is 0 Å². The zero-order valence-electron chi connectivity index (χ0n) is 15.8. The number of fused-ring (bicyclic) bond motifs is 1. The van der Waals surface area contributed by atoms with Crippen LogP contribution in [0.1, 0.15) is 50.5 Å². The lowest BCUT2D eigenvalue weighted by Crippen LogP contribution is -2.29. The molecule has 2 saturated carbocycles. The van der Waals surface area contributed by atoms with E-state index in [1.165, 1.54) is 5.56 Å². The van der Waals surface area contributed by atoms with Crippen molar-refractivity contribution in [2.45, 2.75) is 63.6 Å². The zero-order valence-corrected chi connectivity index (χ0v) is 15.8. The molecule has 0 bridgehead atoms. The van der Waals surface area contributed by atoms with E-state index in [1.54, 1.807) is 0 Å². The van der Waals surface area contributed by atoms with Crippen LogP contribution in [-0.2, 0) is 20.7 Å². The van der Waals surface area contributed by atoms with E-state index in [9.17, 15) is 14.7 Å². The Balaban J connectivity index is 1.44. The van der Waals surface area contributed by atoms with E-state index in [-0.39, 0.29) is 30.1 Å². The number of ether oxygens (including phenoxy) is 1. The van der Waals surface area contributed by atoms with Crippen LogP contribution in [0.4, 0.5) is 0 Å². The van der Waals surface area contributed by atoms with Crippen molar-refractivity contribution in [3.05, 3.63) is 35.9 Å². The predicted molar refractivity (Wildman–Crippen MR) is 101 cm³/mol. The van der Waals surface area contributed by atoms with E-state index in [1.807, 2.05) is 18.2 Å². The average molecular weight is 374 g/mol. The van der Waals surface area contributed by atoms with Crippen molar-refractivity contribution in [3.63, 3.8) is 0 Å². The van der Waals surface area contributed by atoms with Gasteiger partial charge in [0.25, 0.3) is 0 Å². The van der Waals surface area contributed by atoms with Gasteiger partial charge in [0.15, 0.2) is 0 Å². The Morgan fingerprint density at radius 3 is 2.56 bits per heavy atom. The van der Waals surface area contributed by atoms with E-state index < -0.39 is 12.1 Å². The highest BCUT2D eigenvalue weighted by Gasteiger charge is 2.50.